The van der Waals surface area contributed by atoms with Crippen molar-refractivity contribution in [2.75, 3.05) is 33.3 Å². The molecule has 1 unspecified atom stereocenters. The third-order valence-corrected chi connectivity index (χ3v) is 4.25. The van der Waals surface area contributed by atoms with Gasteiger partial charge >= 0.3 is 0 Å². The quantitative estimate of drug-likeness (QED) is 0.352. The molecule has 0 aliphatic rings. The SMILES string of the molecule is CCNC(=NCCC(C)c1ccc(OC)cc1)NCCNC(=O)C(C)(C)C. The number of carbonyl (C=O) groups is 1. The fourth-order valence-electron chi connectivity index (χ4n) is 2.43. The number of rotatable bonds is 9. The molecule has 1 amide bonds. The average molecular weight is 377 g/mol. The lowest BCUT2D eigenvalue weighted by molar-refractivity contribution is -0.128. The smallest absolute Gasteiger partial charge is 0.225 e. The largest absolute Gasteiger partial charge is 0.497 e. The highest BCUT2D eigenvalue weighted by molar-refractivity contribution is 5.81. The summed E-state index contributed by atoms with van der Waals surface area (Å²) in [7, 11) is 1.68. The van der Waals surface area contributed by atoms with Crippen molar-refractivity contribution >= 4 is 11.9 Å². The van der Waals surface area contributed by atoms with Crippen LogP contribution in [0.4, 0.5) is 0 Å². The molecule has 1 atom stereocenters. The highest BCUT2D eigenvalue weighted by Crippen LogP contribution is 2.21. The summed E-state index contributed by atoms with van der Waals surface area (Å²) in [5.74, 6) is 2.14. The number of guanidine groups is 1. The molecule has 0 aromatic heterocycles. The number of hydrogen-bond donors (Lipinski definition) is 3. The number of amides is 1. The van der Waals surface area contributed by atoms with Crippen molar-refractivity contribution in [3.8, 4) is 5.75 Å². The molecule has 1 aromatic rings. The van der Waals surface area contributed by atoms with Gasteiger partial charge in [0.2, 0.25) is 5.91 Å². The van der Waals surface area contributed by atoms with Crippen LogP contribution in [0.5, 0.6) is 5.75 Å². The summed E-state index contributed by atoms with van der Waals surface area (Å²) in [5.41, 5.74) is 0.921. The standard InChI is InChI=1S/C21H36N4O2/c1-7-22-20(25-15-14-23-19(26)21(3,4)5)24-13-12-16(2)17-8-10-18(27-6)11-9-17/h8-11,16H,7,12-15H2,1-6H3,(H,23,26)(H2,22,24,25). The van der Waals surface area contributed by atoms with E-state index in [0.29, 0.717) is 19.0 Å². The molecular formula is C21H36N4O2. The zero-order valence-electron chi connectivity index (χ0n) is 17.7. The van der Waals surface area contributed by atoms with E-state index in [1.807, 2.05) is 39.8 Å². The minimum absolute atomic E-state index is 0.0551. The monoisotopic (exact) mass is 376 g/mol. The Morgan fingerprint density at radius 2 is 1.74 bits per heavy atom. The lowest BCUT2D eigenvalue weighted by atomic mass is 9.96. The lowest BCUT2D eigenvalue weighted by Gasteiger charge is -2.18. The van der Waals surface area contributed by atoms with Gasteiger partial charge in [-0.25, -0.2) is 0 Å². The van der Waals surface area contributed by atoms with Crippen molar-refractivity contribution in [2.45, 2.75) is 47.0 Å². The summed E-state index contributed by atoms with van der Waals surface area (Å²) < 4.78 is 5.20. The van der Waals surface area contributed by atoms with Crippen LogP contribution in [0.15, 0.2) is 29.3 Å². The summed E-state index contributed by atoms with van der Waals surface area (Å²) in [5, 5.41) is 9.43. The minimum atomic E-state index is -0.365. The number of methoxy groups -OCH3 is 1. The van der Waals surface area contributed by atoms with Crippen molar-refractivity contribution in [1.82, 2.24) is 16.0 Å². The summed E-state index contributed by atoms with van der Waals surface area (Å²) in [6, 6.07) is 8.20. The van der Waals surface area contributed by atoms with Crippen molar-refractivity contribution < 1.29 is 9.53 Å². The van der Waals surface area contributed by atoms with Gasteiger partial charge < -0.3 is 20.7 Å². The number of aliphatic imine (C=N–C) groups is 1. The third-order valence-electron chi connectivity index (χ3n) is 4.25. The van der Waals surface area contributed by atoms with Crippen LogP contribution in [0, 0.1) is 5.41 Å². The first-order valence-corrected chi connectivity index (χ1v) is 9.72. The molecule has 0 spiro atoms. The Morgan fingerprint density at radius 3 is 2.30 bits per heavy atom. The van der Waals surface area contributed by atoms with E-state index in [-0.39, 0.29) is 11.3 Å². The summed E-state index contributed by atoms with van der Waals surface area (Å²) in [6.07, 6.45) is 0.962. The van der Waals surface area contributed by atoms with E-state index in [4.69, 9.17) is 4.74 Å². The highest BCUT2D eigenvalue weighted by Gasteiger charge is 2.20. The topological polar surface area (TPSA) is 74.8 Å². The first kappa shape index (κ1) is 22.8. The second-order valence-corrected chi connectivity index (χ2v) is 7.66. The Morgan fingerprint density at radius 1 is 1.11 bits per heavy atom. The van der Waals surface area contributed by atoms with Crippen LogP contribution >= 0.6 is 0 Å². The molecule has 1 aromatic carbocycles. The van der Waals surface area contributed by atoms with Gasteiger partial charge in [0.05, 0.1) is 7.11 Å². The predicted octanol–water partition coefficient (Wildman–Crippen LogP) is 2.91. The molecule has 0 fully saturated rings. The summed E-state index contributed by atoms with van der Waals surface area (Å²) in [6.45, 7) is 12.7. The molecule has 0 saturated carbocycles. The molecule has 1 rings (SSSR count). The first-order chi connectivity index (χ1) is 12.8. The van der Waals surface area contributed by atoms with E-state index in [2.05, 4.69) is 40.0 Å². The number of nitrogens with zero attached hydrogens (tertiary/aromatic N) is 1. The second-order valence-electron chi connectivity index (χ2n) is 7.66. The van der Waals surface area contributed by atoms with E-state index in [0.717, 1.165) is 31.2 Å². The van der Waals surface area contributed by atoms with E-state index >= 15 is 0 Å². The van der Waals surface area contributed by atoms with Crippen LogP contribution in [0.2, 0.25) is 0 Å². The van der Waals surface area contributed by atoms with Crippen molar-refractivity contribution in [2.24, 2.45) is 10.4 Å². The number of hydrogen-bond acceptors (Lipinski definition) is 3. The van der Waals surface area contributed by atoms with Gasteiger partial charge in [0.25, 0.3) is 0 Å². The molecule has 0 radical (unpaired) electrons. The first-order valence-electron chi connectivity index (χ1n) is 9.72. The Kier molecular flexibility index (Phi) is 9.68. The Labute approximate surface area is 164 Å². The van der Waals surface area contributed by atoms with Gasteiger partial charge in [0, 0.05) is 31.6 Å². The van der Waals surface area contributed by atoms with Crippen LogP contribution in [0.1, 0.15) is 52.5 Å². The molecule has 0 saturated heterocycles. The van der Waals surface area contributed by atoms with Crippen molar-refractivity contribution in [3.05, 3.63) is 29.8 Å². The molecule has 152 valence electrons. The molecule has 6 nitrogen and oxygen atoms in total. The van der Waals surface area contributed by atoms with Crippen LogP contribution < -0.4 is 20.7 Å². The average Bonchev–Trinajstić information content (AvgIpc) is 2.64. The third kappa shape index (κ3) is 8.80. The van der Waals surface area contributed by atoms with Gasteiger partial charge in [0.1, 0.15) is 5.75 Å². The Bertz CT molecular complexity index is 591. The van der Waals surface area contributed by atoms with Gasteiger partial charge in [-0.05, 0) is 37.0 Å². The maximum atomic E-state index is 11.9. The lowest BCUT2D eigenvalue weighted by Crippen LogP contribution is -2.43. The van der Waals surface area contributed by atoms with Crippen LogP contribution in [-0.2, 0) is 4.79 Å². The summed E-state index contributed by atoms with van der Waals surface area (Å²) in [4.78, 5) is 16.5. The summed E-state index contributed by atoms with van der Waals surface area (Å²) >= 11 is 0. The molecule has 0 bridgehead atoms. The van der Waals surface area contributed by atoms with Gasteiger partial charge in [-0.15, -0.1) is 0 Å². The van der Waals surface area contributed by atoms with E-state index in [9.17, 15) is 4.79 Å². The minimum Gasteiger partial charge on any atom is -0.497 e. The molecule has 0 heterocycles. The van der Waals surface area contributed by atoms with Crippen LogP contribution in [0.3, 0.4) is 0 Å². The van der Waals surface area contributed by atoms with Crippen molar-refractivity contribution in [1.29, 1.82) is 0 Å². The van der Waals surface area contributed by atoms with Crippen molar-refractivity contribution in [3.63, 3.8) is 0 Å². The molecule has 6 heteroatoms. The normalized spacial score (nSPS) is 13.0. The van der Waals surface area contributed by atoms with E-state index < -0.39 is 0 Å². The zero-order chi connectivity index (χ0) is 20.3. The number of benzene rings is 1. The van der Waals surface area contributed by atoms with Crippen LogP contribution in [0.25, 0.3) is 0 Å². The second kappa shape index (κ2) is 11.5. The van der Waals surface area contributed by atoms with Gasteiger partial charge in [-0.1, -0.05) is 39.8 Å². The molecular weight excluding hydrogens is 340 g/mol. The molecule has 0 aliphatic carbocycles. The maximum absolute atomic E-state index is 11.9. The van der Waals surface area contributed by atoms with Crippen LogP contribution in [-0.4, -0.2) is 45.2 Å². The van der Waals surface area contributed by atoms with Gasteiger partial charge in [-0.3, -0.25) is 9.79 Å². The number of carbonyl (C=O) groups excluding carboxylic acids is 1. The molecule has 27 heavy (non-hydrogen) atoms. The maximum Gasteiger partial charge on any atom is 0.225 e. The highest BCUT2D eigenvalue weighted by atomic mass is 16.5. The van der Waals surface area contributed by atoms with Gasteiger partial charge in [-0.2, -0.15) is 0 Å². The fraction of sp³-hybridized carbons (Fsp3) is 0.619. The predicted molar refractivity (Wildman–Crippen MR) is 112 cm³/mol. The number of ether oxygens (including phenoxy) is 1. The Balaban J connectivity index is 2.42. The van der Waals surface area contributed by atoms with E-state index in [1.54, 1.807) is 7.11 Å². The fourth-order valence-corrected chi connectivity index (χ4v) is 2.43. The molecule has 3 N–H and O–H groups in total. The van der Waals surface area contributed by atoms with E-state index in [1.165, 1.54) is 5.56 Å². The Hall–Kier alpha value is -2.24. The van der Waals surface area contributed by atoms with Gasteiger partial charge in [0.15, 0.2) is 5.96 Å². The molecule has 0 aliphatic heterocycles. The zero-order valence-corrected chi connectivity index (χ0v) is 17.7. The number of nitrogens with one attached hydrogen (secondary N) is 3.